The Balaban J connectivity index is 1.49. The highest BCUT2D eigenvalue weighted by Gasteiger charge is 2.44. The topological polar surface area (TPSA) is 32.3 Å². The summed E-state index contributed by atoms with van der Waals surface area (Å²) in [6.45, 7) is 7.56. The zero-order chi connectivity index (χ0) is 14.9. The first-order chi connectivity index (χ1) is 10.1. The minimum Gasteiger partial charge on any atom is -0.354 e. The van der Waals surface area contributed by atoms with Crippen LogP contribution >= 0.6 is 0 Å². The summed E-state index contributed by atoms with van der Waals surface area (Å²) in [6, 6.07) is 10.4. The lowest BCUT2D eigenvalue weighted by Gasteiger charge is -2.35. The number of hydrogen-bond donors (Lipinski definition) is 1. The maximum absolute atomic E-state index is 12.3. The second-order valence-corrected chi connectivity index (χ2v) is 7.08. The highest BCUT2D eigenvalue weighted by Crippen LogP contribution is 2.47. The highest BCUT2D eigenvalue weighted by atomic mass is 16.2. The van der Waals surface area contributed by atoms with Crippen LogP contribution in [-0.4, -0.2) is 36.0 Å². The molecule has 1 aliphatic carbocycles. The molecule has 2 atom stereocenters. The summed E-state index contributed by atoms with van der Waals surface area (Å²) in [5, 5.41) is 3.18. The second kappa shape index (κ2) is 5.80. The molecular weight excluding hydrogens is 260 g/mol. The molecule has 2 fully saturated rings. The Bertz CT molecular complexity index is 491. The molecule has 1 aromatic rings. The summed E-state index contributed by atoms with van der Waals surface area (Å²) in [5.74, 6) is 0.846. The largest absolute Gasteiger partial charge is 0.354 e. The maximum Gasteiger partial charge on any atom is 0.223 e. The van der Waals surface area contributed by atoms with Crippen LogP contribution in [0.1, 0.15) is 44.6 Å². The van der Waals surface area contributed by atoms with Crippen molar-refractivity contribution in [2.45, 2.75) is 44.6 Å². The average molecular weight is 286 g/mol. The predicted octanol–water partition coefficient (Wildman–Crippen LogP) is 2.78. The van der Waals surface area contributed by atoms with Crippen LogP contribution in [0.3, 0.4) is 0 Å². The number of likely N-dealkylation sites (tertiary alicyclic amines) is 1. The number of rotatable bonds is 5. The molecule has 21 heavy (non-hydrogen) atoms. The van der Waals surface area contributed by atoms with Crippen LogP contribution in [0.2, 0.25) is 0 Å². The number of nitrogens with zero attached hydrogens (tertiary/aromatic N) is 1. The summed E-state index contributed by atoms with van der Waals surface area (Å²) in [5.41, 5.74) is 1.37. The first-order valence-electron chi connectivity index (χ1n) is 8.16. The van der Waals surface area contributed by atoms with Crippen LogP contribution < -0.4 is 5.32 Å². The Labute approximate surface area is 127 Å². The van der Waals surface area contributed by atoms with Gasteiger partial charge in [-0.1, -0.05) is 30.3 Å². The number of hydrogen-bond acceptors (Lipinski definition) is 2. The minimum absolute atomic E-state index is 0.0727. The Morgan fingerprint density at radius 3 is 2.57 bits per heavy atom. The lowest BCUT2D eigenvalue weighted by molar-refractivity contribution is -0.123. The van der Waals surface area contributed by atoms with Crippen molar-refractivity contribution in [1.82, 2.24) is 10.2 Å². The fraction of sp³-hybridized carbons (Fsp3) is 0.611. The minimum atomic E-state index is 0.0727. The lowest BCUT2D eigenvalue weighted by Crippen LogP contribution is -2.50. The normalized spacial score (nSPS) is 25.8. The molecule has 1 saturated heterocycles. The van der Waals surface area contributed by atoms with Gasteiger partial charge >= 0.3 is 0 Å². The van der Waals surface area contributed by atoms with E-state index in [0.717, 1.165) is 13.0 Å². The van der Waals surface area contributed by atoms with E-state index in [1.807, 2.05) is 6.07 Å². The number of benzene rings is 1. The van der Waals surface area contributed by atoms with Crippen molar-refractivity contribution in [3.8, 4) is 0 Å². The van der Waals surface area contributed by atoms with E-state index in [0.29, 0.717) is 5.92 Å². The van der Waals surface area contributed by atoms with Crippen molar-refractivity contribution in [2.24, 2.45) is 5.92 Å². The van der Waals surface area contributed by atoms with Gasteiger partial charge in [0.05, 0.1) is 0 Å². The first kappa shape index (κ1) is 14.6. The van der Waals surface area contributed by atoms with Gasteiger partial charge in [0, 0.05) is 18.0 Å². The fourth-order valence-corrected chi connectivity index (χ4v) is 3.42. The van der Waals surface area contributed by atoms with Gasteiger partial charge < -0.3 is 5.32 Å². The molecule has 1 heterocycles. The molecule has 1 aromatic carbocycles. The van der Waals surface area contributed by atoms with Crippen LogP contribution in [0.25, 0.3) is 0 Å². The van der Waals surface area contributed by atoms with Crippen molar-refractivity contribution < 1.29 is 4.79 Å². The highest BCUT2D eigenvalue weighted by molar-refractivity contribution is 5.82. The molecule has 1 saturated carbocycles. The molecule has 3 heteroatoms. The van der Waals surface area contributed by atoms with E-state index < -0.39 is 0 Å². The van der Waals surface area contributed by atoms with Gasteiger partial charge in [-0.05, 0) is 57.7 Å². The van der Waals surface area contributed by atoms with Gasteiger partial charge in [0.1, 0.15) is 0 Å². The molecule has 1 N–H and O–H groups in total. The van der Waals surface area contributed by atoms with Gasteiger partial charge in [-0.25, -0.2) is 0 Å². The number of carbonyl (C=O) groups excluding carboxylic acids is 1. The Morgan fingerprint density at radius 1 is 1.24 bits per heavy atom. The maximum atomic E-state index is 12.3. The van der Waals surface area contributed by atoms with Crippen molar-refractivity contribution in [1.29, 1.82) is 0 Å². The molecule has 0 spiro atoms. The molecule has 114 valence electrons. The van der Waals surface area contributed by atoms with Gasteiger partial charge in [0.15, 0.2) is 0 Å². The number of carbonyl (C=O) groups is 1. The van der Waals surface area contributed by atoms with Crippen molar-refractivity contribution in [3.05, 3.63) is 35.9 Å². The molecule has 2 unspecified atom stereocenters. The van der Waals surface area contributed by atoms with Crippen LogP contribution in [0.5, 0.6) is 0 Å². The third-order valence-corrected chi connectivity index (χ3v) is 5.01. The summed E-state index contributed by atoms with van der Waals surface area (Å²) in [7, 11) is 0. The standard InChI is InChI=1S/C18H26N2O/c1-18(2,20-10-6-7-11-20)13-19-17(21)16-12-15(16)14-8-4-3-5-9-14/h3-5,8-9,15-16H,6-7,10-13H2,1-2H3,(H,19,21). The third-order valence-electron chi connectivity index (χ3n) is 5.01. The smallest absolute Gasteiger partial charge is 0.223 e. The van der Waals surface area contributed by atoms with Crippen LogP contribution in [-0.2, 0) is 4.79 Å². The summed E-state index contributed by atoms with van der Waals surface area (Å²) < 4.78 is 0. The summed E-state index contributed by atoms with van der Waals surface area (Å²) in [6.07, 6.45) is 3.58. The third kappa shape index (κ3) is 3.29. The van der Waals surface area contributed by atoms with E-state index in [-0.39, 0.29) is 17.4 Å². The molecule has 1 amide bonds. The van der Waals surface area contributed by atoms with Gasteiger partial charge in [-0.2, -0.15) is 0 Å². The molecule has 0 bridgehead atoms. The van der Waals surface area contributed by atoms with E-state index in [1.165, 1.54) is 31.5 Å². The number of amides is 1. The van der Waals surface area contributed by atoms with Crippen LogP contribution in [0, 0.1) is 5.92 Å². The van der Waals surface area contributed by atoms with Crippen LogP contribution in [0.15, 0.2) is 30.3 Å². The molecule has 2 aliphatic rings. The zero-order valence-corrected chi connectivity index (χ0v) is 13.1. The van der Waals surface area contributed by atoms with E-state index in [2.05, 4.69) is 48.3 Å². The lowest BCUT2D eigenvalue weighted by atomic mass is 10.0. The zero-order valence-electron chi connectivity index (χ0n) is 13.1. The van der Waals surface area contributed by atoms with E-state index >= 15 is 0 Å². The molecule has 3 nitrogen and oxygen atoms in total. The van der Waals surface area contributed by atoms with Crippen molar-refractivity contribution >= 4 is 5.91 Å². The fourth-order valence-electron chi connectivity index (χ4n) is 3.42. The summed E-state index contributed by atoms with van der Waals surface area (Å²) >= 11 is 0. The van der Waals surface area contributed by atoms with Gasteiger partial charge in [0.2, 0.25) is 5.91 Å². The van der Waals surface area contributed by atoms with Gasteiger partial charge in [-0.15, -0.1) is 0 Å². The Morgan fingerprint density at radius 2 is 1.90 bits per heavy atom. The monoisotopic (exact) mass is 286 g/mol. The van der Waals surface area contributed by atoms with Gasteiger partial charge in [0.25, 0.3) is 0 Å². The molecule has 3 rings (SSSR count). The Hall–Kier alpha value is -1.35. The van der Waals surface area contributed by atoms with E-state index in [4.69, 9.17) is 0 Å². The van der Waals surface area contributed by atoms with Crippen molar-refractivity contribution in [3.63, 3.8) is 0 Å². The predicted molar refractivity (Wildman–Crippen MR) is 85.2 cm³/mol. The van der Waals surface area contributed by atoms with Gasteiger partial charge in [-0.3, -0.25) is 9.69 Å². The van der Waals surface area contributed by atoms with E-state index in [9.17, 15) is 4.79 Å². The first-order valence-corrected chi connectivity index (χ1v) is 8.16. The second-order valence-electron chi connectivity index (χ2n) is 7.08. The van der Waals surface area contributed by atoms with E-state index in [1.54, 1.807) is 0 Å². The number of nitrogens with one attached hydrogen (secondary N) is 1. The molecular formula is C18H26N2O. The molecule has 1 aliphatic heterocycles. The average Bonchev–Trinajstić information content (AvgIpc) is 3.09. The quantitative estimate of drug-likeness (QED) is 0.902. The Kier molecular flexibility index (Phi) is 4.03. The van der Waals surface area contributed by atoms with Crippen LogP contribution in [0.4, 0.5) is 0 Å². The van der Waals surface area contributed by atoms with Crippen molar-refractivity contribution in [2.75, 3.05) is 19.6 Å². The molecule has 0 aromatic heterocycles. The SMILES string of the molecule is CC(C)(CNC(=O)C1CC1c1ccccc1)N1CCCC1. The molecule has 0 radical (unpaired) electrons. The summed E-state index contributed by atoms with van der Waals surface area (Å²) in [4.78, 5) is 14.8.